The molecule has 1 heterocycles. The van der Waals surface area contributed by atoms with Crippen molar-refractivity contribution in [1.29, 1.82) is 0 Å². The molecule has 0 spiro atoms. The summed E-state index contributed by atoms with van der Waals surface area (Å²) in [5, 5.41) is 4.28. The Morgan fingerprint density at radius 3 is 1.72 bits per heavy atom. The molecule has 0 aliphatic heterocycles. The lowest BCUT2D eigenvalue weighted by atomic mass is 10.1. The van der Waals surface area contributed by atoms with Gasteiger partial charge in [0.1, 0.15) is 8.07 Å². The standard InChI is InChI=1S/C27H27NSi/c1-4-22-20-28-27(19-21(22)2)23-15-17-26(18-16-23)29(3,24-11-7-5-8-12-24)25-13-9-6-10-14-25/h5-20H,4H2,1-3H3. The third-order valence-electron chi connectivity index (χ3n) is 6.06. The molecule has 0 amide bonds. The maximum absolute atomic E-state index is 4.70. The monoisotopic (exact) mass is 393 g/mol. The Hall–Kier alpha value is -2.97. The van der Waals surface area contributed by atoms with Gasteiger partial charge in [0.2, 0.25) is 0 Å². The second-order valence-corrected chi connectivity index (χ2v) is 11.8. The van der Waals surface area contributed by atoms with Gasteiger partial charge in [0, 0.05) is 11.8 Å². The normalized spacial score (nSPS) is 11.4. The van der Waals surface area contributed by atoms with Crippen molar-refractivity contribution >= 4 is 23.6 Å². The molecule has 0 saturated heterocycles. The number of rotatable bonds is 5. The van der Waals surface area contributed by atoms with Gasteiger partial charge in [-0.25, -0.2) is 0 Å². The summed E-state index contributed by atoms with van der Waals surface area (Å²) in [5.74, 6) is 0. The van der Waals surface area contributed by atoms with Crippen LogP contribution in [0, 0.1) is 6.92 Å². The Morgan fingerprint density at radius 2 is 1.24 bits per heavy atom. The molecule has 4 rings (SSSR count). The van der Waals surface area contributed by atoms with E-state index in [0.717, 1.165) is 12.1 Å². The van der Waals surface area contributed by atoms with E-state index >= 15 is 0 Å². The average Bonchev–Trinajstić information content (AvgIpc) is 2.80. The van der Waals surface area contributed by atoms with Gasteiger partial charge >= 0.3 is 0 Å². The number of hydrogen-bond acceptors (Lipinski definition) is 1. The maximum atomic E-state index is 4.70. The number of benzene rings is 3. The van der Waals surface area contributed by atoms with Crippen molar-refractivity contribution in [3.63, 3.8) is 0 Å². The van der Waals surface area contributed by atoms with Crippen LogP contribution in [-0.2, 0) is 6.42 Å². The molecule has 4 aromatic rings. The van der Waals surface area contributed by atoms with Crippen LogP contribution in [-0.4, -0.2) is 13.1 Å². The van der Waals surface area contributed by atoms with E-state index in [1.54, 1.807) is 0 Å². The predicted octanol–water partition coefficient (Wildman–Crippen LogP) is 4.72. The van der Waals surface area contributed by atoms with E-state index in [4.69, 9.17) is 4.98 Å². The van der Waals surface area contributed by atoms with Gasteiger partial charge in [-0.2, -0.15) is 0 Å². The predicted molar refractivity (Wildman–Crippen MR) is 127 cm³/mol. The second kappa shape index (κ2) is 8.18. The van der Waals surface area contributed by atoms with Crippen LogP contribution in [0.4, 0.5) is 0 Å². The fourth-order valence-electron chi connectivity index (χ4n) is 4.13. The topological polar surface area (TPSA) is 12.9 Å². The van der Waals surface area contributed by atoms with Crippen LogP contribution in [0.15, 0.2) is 97.2 Å². The number of aryl methyl sites for hydroxylation is 2. The molecule has 1 aromatic heterocycles. The molecule has 0 aliphatic carbocycles. The third-order valence-corrected chi connectivity index (χ3v) is 10.5. The van der Waals surface area contributed by atoms with Gasteiger partial charge in [-0.15, -0.1) is 0 Å². The summed E-state index contributed by atoms with van der Waals surface area (Å²) in [4.78, 5) is 4.70. The van der Waals surface area contributed by atoms with E-state index in [0.29, 0.717) is 0 Å². The van der Waals surface area contributed by atoms with Gasteiger partial charge < -0.3 is 0 Å². The van der Waals surface area contributed by atoms with Gasteiger partial charge in [-0.05, 0) is 46.1 Å². The fourth-order valence-corrected chi connectivity index (χ4v) is 7.68. The van der Waals surface area contributed by atoms with Crippen LogP contribution in [0.5, 0.6) is 0 Å². The SMILES string of the molecule is CCc1cnc(-c2ccc([Si](C)(c3ccccc3)c3ccccc3)cc2)cc1C. The van der Waals surface area contributed by atoms with E-state index in [1.807, 2.05) is 6.20 Å². The number of nitrogens with zero attached hydrogens (tertiary/aromatic N) is 1. The summed E-state index contributed by atoms with van der Waals surface area (Å²) in [6.07, 6.45) is 3.04. The first-order valence-corrected chi connectivity index (χ1v) is 12.8. The van der Waals surface area contributed by atoms with Crippen molar-refractivity contribution in [3.05, 3.63) is 108 Å². The molecule has 0 saturated carbocycles. The van der Waals surface area contributed by atoms with Crippen LogP contribution in [0.1, 0.15) is 18.1 Å². The number of pyridine rings is 1. The minimum Gasteiger partial charge on any atom is -0.256 e. The van der Waals surface area contributed by atoms with Crippen LogP contribution in [0.2, 0.25) is 6.55 Å². The molecule has 144 valence electrons. The molecular formula is C27H27NSi. The second-order valence-electron chi connectivity index (χ2n) is 7.78. The van der Waals surface area contributed by atoms with E-state index in [1.165, 1.54) is 32.3 Å². The lowest BCUT2D eigenvalue weighted by Crippen LogP contribution is -2.64. The molecule has 1 nitrogen and oxygen atoms in total. The van der Waals surface area contributed by atoms with Gasteiger partial charge in [-0.1, -0.05) is 98.4 Å². The first-order valence-electron chi connectivity index (χ1n) is 10.3. The summed E-state index contributed by atoms with van der Waals surface area (Å²) in [5.41, 5.74) is 4.86. The van der Waals surface area contributed by atoms with Crippen molar-refractivity contribution in [2.45, 2.75) is 26.8 Å². The summed E-state index contributed by atoms with van der Waals surface area (Å²) in [6.45, 7) is 6.80. The molecule has 0 radical (unpaired) electrons. The third kappa shape index (κ3) is 3.68. The minimum atomic E-state index is -2.05. The van der Waals surface area contributed by atoms with Crippen LogP contribution >= 0.6 is 0 Å². The van der Waals surface area contributed by atoms with Crippen molar-refractivity contribution in [2.24, 2.45) is 0 Å². The first-order chi connectivity index (χ1) is 14.1. The zero-order valence-corrected chi connectivity index (χ0v) is 18.4. The quantitative estimate of drug-likeness (QED) is 0.353. The molecule has 2 heteroatoms. The molecule has 0 fully saturated rings. The summed E-state index contributed by atoms with van der Waals surface area (Å²) in [6, 6.07) is 33.2. The maximum Gasteiger partial charge on any atom is 0.145 e. The van der Waals surface area contributed by atoms with Crippen LogP contribution in [0.25, 0.3) is 11.3 Å². The van der Waals surface area contributed by atoms with Crippen molar-refractivity contribution in [2.75, 3.05) is 0 Å². The van der Waals surface area contributed by atoms with E-state index in [-0.39, 0.29) is 0 Å². The highest BCUT2D eigenvalue weighted by atomic mass is 28.3. The minimum absolute atomic E-state index is 1.02. The van der Waals surface area contributed by atoms with Crippen molar-refractivity contribution in [3.8, 4) is 11.3 Å². The molecule has 0 N–H and O–H groups in total. The number of aromatic nitrogens is 1. The largest absolute Gasteiger partial charge is 0.256 e. The Balaban J connectivity index is 1.78. The highest BCUT2D eigenvalue weighted by Crippen LogP contribution is 2.20. The molecule has 29 heavy (non-hydrogen) atoms. The smallest absolute Gasteiger partial charge is 0.145 e. The molecule has 0 bridgehead atoms. The van der Waals surface area contributed by atoms with Crippen molar-refractivity contribution < 1.29 is 0 Å². The van der Waals surface area contributed by atoms with Crippen LogP contribution in [0.3, 0.4) is 0 Å². The van der Waals surface area contributed by atoms with E-state index in [2.05, 4.69) is 111 Å². The highest BCUT2D eigenvalue weighted by Gasteiger charge is 2.33. The summed E-state index contributed by atoms with van der Waals surface area (Å²) >= 11 is 0. The zero-order valence-electron chi connectivity index (χ0n) is 17.4. The molecule has 0 aliphatic rings. The number of hydrogen-bond donors (Lipinski definition) is 0. The fraction of sp³-hybridized carbons (Fsp3) is 0.148. The van der Waals surface area contributed by atoms with Gasteiger partial charge in [0.15, 0.2) is 0 Å². The molecular weight excluding hydrogens is 366 g/mol. The zero-order chi connectivity index (χ0) is 20.3. The van der Waals surface area contributed by atoms with Gasteiger partial charge in [0.25, 0.3) is 0 Å². The lowest BCUT2D eigenvalue weighted by molar-refractivity contribution is 1.07. The molecule has 0 atom stereocenters. The first kappa shape index (κ1) is 19.3. The van der Waals surface area contributed by atoms with Crippen molar-refractivity contribution in [1.82, 2.24) is 4.98 Å². The Kier molecular flexibility index (Phi) is 5.46. The Morgan fingerprint density at radius 1 is 0.724 bits per heavy atom. The molecule has 3 aromatic carbocycles. The summed E-state index contributed by atoms with van der Waals surface area (Å²) < 4.78 is 0. The highest BCUT2D eigenvalue weighted by molar-refractivity contribution is 7.10. The van der Waals surface area contributed by atoms with E-state index < -0.39 is 8.07 Å². The van der Waals surface area contributed by atoms with Gasteiger partial charge in [-0.3, -0.25) is 4.98 Å². The van der Waals surface area contributed by atoms with E-state index in [9.17, 15) is 0 Å². The Bertz CT molecular complexity index is 1050. The summed E-state index contributed by atoms with van der Waals surface area (Å²) in [7, 11) is -2.05. The molecule has 0 unspecified atom stereocenters. The average molecular weight is 394 g/mol. The Labute approximate surface area is 175 Å². The lowest BCUT2D eigenvalue weighted by Gasteiger charge is -2.29. The van der Waals surface area contributed by atoms with Gasteiger partial charge in [0.05, 0.1) is 5.69 Å². The van der Waals surface area contributed by atoms with Crippen LogP contribution < -0.4 is 15.6 Å².